The maximum Gasteiger partial charge on any atom is 0.238 e. The molecule has 0 radical (unpaired) electrons. The predicted octanol–water partition coefficient (Wildman–Crippen LogP) is -1.39. The normalized spacial score (nSPS) is 33.5. The molecule has 0 amide bonds. The van der Waals surface area contributed by atoms with Crippen molar-refractivity contribution < 1.29 is 69.3 Å². The quantitative estimate of drug-likeness (QED) is 0.159. The van der Waals surface area contributed by atoms with Crippen LogP contribution in [0.5, 0.6) is 23.0 Å². The van der Waals surface area contributed by atoms with Crippen molar-refractivity contribution in [3.63, 3.8) is 0 Å². The summed E-state index contributed by atoms with van der Waals surface area (Å²) in [6, 6.07) is 7.54. The molecule has 3 heterocycles. The molecule has 2 aliphatic heterocycles. The molecule has 1 aromatic heterocycles. The summed E-state index contributed by atoms with van der Waals surface area (Å²) in [5.41, 5.74) is -0.967. The molecular weight excluding hydrogens is 564 g/mol. The Bertz CT molecular complexity index is 1470. The Labute approximate surface area is 236 Å². The molecule has 0 bridgehead atoms. The van der Waals surface area contributed by atoms with Gasteiger partial charge in [0.25, 0.3) is 0 Å². The lowest BCUT2D eigenvalue weighted by atomic mass is 9.97. The summed E-state index contributed by atoms with van der Waals surface area (Å²) in [6.45, 7) is 0.660. The Morgan fingerprint density at radius 2 is 1.52 bits per heavy atom. The molecule has 0 saturated carbocycles. The highest BCUT2D eigenvalue weighted by Gasteiger charge is 2.51. The zero-order valence-corrected chi connectivity index (χ0v) is 21.9. The van der Waals surface area contributed by atoms with Crippen LogP contribution >= 0.6 is 0 Å². The van der Waals surface area contributed by atoms with E-state index in [1.807, 2.05) is 0 Å². The molecule has 42 heavy (non-hydrogen) atoms. The van der Waals surface area contributed by atoms with Crippen molar-refractivity contribution in [2.45, 2.75) is 68.3 Å². The molecule has 15 nitrogen and oxygen atoms in total. The monoisotopic (exact) mass is 594 g/mol. The third kappa shape index (κ3) is 5.37. The fourth-order valence-corrected chi connectivity index (χ4v) is 4.85. The number of ether oxygens (including phenoxy) is 4. The maximum atomic E-state index is 12.9. The number of phenols is 2. The fraction of sp³-hybridized carbons (Fsp3) is 0.444. The maximum absolute atomic E-state index is 12.9. The van der Waals surface area contributed by atoms with Gasteiger partial charge >= 0.3 is 0 Å². The predicted molar refractivity (Wildman–Crippen MR) is 139 cm³/mol. The number of hydrogen-bond donors (Lipinski definition) is 9. The van der Waals surface area contributed by atoms with Gasteiger partial charge in [0.2, 0.25) is 17.5 Å². The van der Waals surface area contributed by atoms with Crippen LogP contribution < -0.4 is 10.2 Å². The van der Waals surface area contributed by atoms with Crippen molar-refractivity contribution >= 4 is 11.0 Å². The second-order valence-corrected chi connectivity index (χ2v) is 10.1. The molecule has 9 N–H and O–H groups in total. The van der Waals surface area contributed by atoms with E-state index in [2.05, 4.69) is 0 Å². The van der Waals surface area contributed by atoms with Crippen LogP contribution in [0, 0.1) is 0 Å². The van der Waals surface area contributed by atoms with E-state index in [1.165, 1.54) is 37.3 Å². The van der Waals surface area contributed by atoms with Crippen LogP contribution in [-0.4, -0.2) is 114 Å². The zero-order chi connectivity index (χ0) is 30.5. The lowest BCUT2D eigenvalue weighted by Crippen LogP contribution is -2.64. The standard InChI is InChI=1S/C27H30O15/c1-9-17(31)20(34)23(37)26(38-9)42-25-21(35)18(32)15(8-28)41-27(25)39-12-6-13(30)16-14(7-12)40-24(22(36)19(16)33)10-2-4-11(29)5-3-10/h2-7,9,15,17-18,20-21,23,25-32,34-37H,8H2,1H3/t9-,15-,17-,18+,20-,21+,23-,25-,26-,27+/m0/s1. The number of rotatable bonds is 6. The van der Waals surface area contributed by atoms with Crippen LogP contribution in [0.1, 0.15) is 6.92 Å². The van der Waals surface area contributed by atoms with Gasteiger partial charge in [0, 0.05) is 17.7 Å². The minimum atomic E-state index is -1.79. The zero-order valence-electron chi connectivity index (χ0n) is 21.9. The van der Waals surface area contributed by atoms with Gasteiger partial charge in [-0.05, 0) is 31.2 Å². The van der Waals surface area contributed by atoms with Gasteiger partial charge in [-0.15, -0.1) is 0 Å². The summed E-state index contributed by atoms with van der Waals surface area (Å²) in [5, 5.41) is 91.7. The minimum absolute atomic E-state index is 0.0706. The van der Waals surface area contributed by atoms with E-state index in [4.69, 9.17) is 23.4 Å². The van der Waals surface area contributed by atoms with Crippen LogP contribution in [-0.2, 0) is 14.2 Å². The number of fused-ring (bicyclic) bond motifs is 1. The second-order valence-electron chi connectivity index (χ2n) is 10.1. The average molecular weight is 595 g/mol. The first-order valence-electron chi connectivity index (χ1n) is 12.9. The van der Waals surface area contributed by atoms with Crippen molar-refractivity contribution in [1.29, 1.82) is 0 Å². The number of phenolic OH excluding ortho intramolecular Hbond substituents is 2. The fourth-order valence-electron chi connectivity index (χ4n) is 4.85. The van der Waals surface area contributed by atoms with Gasteiger partial charge < -0.3 is 69.3 Å². The highest BCUT2D eigenvalue weighted by atomic mass is 16.8. The van der Waals surface area contributed by atoms with Crippen LogP contribution in [0.2, 0.25) is 0 Å². The van der Waals surface area contributed by atoms with E-state index < -0.39 is 84.9 Å². The highest BCUT2D eigenvalue weighted by Crippen LogP contribution is 2.37. The Balaban J connectivity index is 1.50. The molecule has 5 rings (SSSR count). The van der Waals surface area contributed by atoms with E-state index in [-0.39, 0.29) is 33.8 Å². The van der Waals surface area contributed by atoms with E-state index in [0.717, 1.165) is 6.07 Å². The first-order valence-corrected chi connectivity index (χ1v) is 12.9. The van der Waals surface area contributed by atoms with Gasteiger partial charge in [-0.1, -0.05) is 0 Å². The van der Waals surface area contributed by atoms with Gasteiger partial charge in [0.1, 0.15) is 64.8 Å². The molecule has 15 heteroatoms. The molecule has 2 fully saturated rings. The number of aliphatic hydroxyl groups excluding tert-OH is 6. The SMILES string of the molecule is C[C@@H]1O[C@@H](O[C@@H]2[C@H](Oc3cc(O)c4c(=O)c(O)c(-c5ccc(O)cc5)oc4c3)O[C@@H](CO)[C@@H](O)[C@H]2O)[C@@H](O)[C@@H](O)[C@H]1O. The highest BCUT2D eigenvalue weighted by molar-refractivity contribution is 5.88. The van der Waals surface area contributed by atoms with Gasteiger partial charge in [-0.25, -0.2) is 0 Å². The third-order valence-corrected chi connectivity index (χ3v) is 7.23. The van der Waals surface area contributed by atoms with E-state index in [0.29, 0.717) is 0 Å². The molecule has 2 aliphatic rings. The molecule has 0 spiro atoms. The van der Waals surface area contributed by atoms with Gasteiger partial charge in [0.15, 0.2) is 18.2 Å². The Hall–Kier alpha value is -3.51. The largest absolute Gasteiger partial charge is 0.508 e. The van der Waals surface area contributed by atoms with Crippen LogP contribution in [0.3, 0.4) is 0 Å². The van der Waals surface area contributed by atoms with Crippen molar-refractivity contribution in [3.8, 4) is 34.3 Å². The number of hydrogen-bond acceptors (Lipinski definition) is 15. The first-order chi connectivity index (χ1) is 19.9. The van der Waals surface area contributed by atoms with Gasteiger partial charge in [0.05, 0.1) is 12.7 Å². The van der Waals surface area contributed by atoms with E-state index in [1.54, 1.807) is 0 Å². The third-order valence-electron chi connectivity index (χ3n) is 7.23. The summed E-state index contributed by atoms with van der Waals surface area (Å²) in [4.78, 5) is 12.9. The average Bonchev–Trinajstić information content (AvgIpc) is 2.96. The Kier molecular flexibility index (Phi) is 8.30. The van der Waals surface area contributed by atoms with Crippen molar-refractivity contribution in [1.82, 2.24) is 0 Å². The number of benzene rings is 2. The summed E-state index contributed by atoms with van der Waals surface area (Å²) in [5.74, 6) is -2.00. The molecular formula is C27H30O15. The number of aliphatic hydroxyl groups is 6. The summed E-state index contributed by atoms with van der Waals surface area (Å²) in [7, 11) is 0. The summed E-state index contributed by atoms with van der Waals surface area (Å²) in [6.07, 6.45) is -15.6. The van der Waals surface area contributed by atoms with E-state index in [9.17, 15) is 50.8 Å². The molecule has 3 aromatic rings. The second kappa shape index (κ2) is 11.6. The van der Waals surface area contributed by atoms with Gasteiger partial charge in [-0.2, -0.15) is 0 Å². The topological polar surface area (TPSA) is 249 Å². The number of aromatic hydroxyl groups is 3. The molecule has 0 aliphatic carbocycles. The van der Waals surface area contributed by atoms with E-state index >= 15 is 0 Å². The van der Waals surface area contributed by atoms with Crippen molar-refractivity contribution in [2.75, 3.05) is 6.61 Å². The van der Waals surface area contributed by atoms with Crippen molar-refractivity contribution in [2.24, 2.45) is 0 Å². The molecule has 2 saturated heterocycles. The molecule has 10 atom stereocenters. The summed E-state index contributed by atoms with van der Waals surface area (Å²) < 4.78 is 28.2. The Morgan fingerprint density at radius 1 is 0.833 bits per heavy atom. The molecule has 0 unspecified atom stereocenters. The first kappa shape index (κ1) is 30.0. The minimum Gasteiger partial charge on any atom is -0.508 e. The Morgan fingerprint density at radius 3 is 2.19 bits per heavy atom. The molecule has 228 valence electrons. The lowest BCUT2D eigenvalue weighted by Gasteiger charge is -2.45. The van der Waals surface area contributed by atoms with Crippen LogP contribution in [0.25, 0.3) is 22.3 Å². The van der Waals surface area contributed by atoms with Crippen LogP contribution in [0.4, 0.5) is 0 Å². The molecule has 2 aromatic carbocycles. The smallest absolute Gasteiger partial charge is 0.238 e. The lowest BCUT2D eigenvalue weighted by molar-refractivity contribution is -0.354. The van der Waals surface area contributed by atoms with Gasteiger partial charge in [-0.3, -0.25) is 4.79 Å². The van der Waals surface area contributed by atoms with Crippen LogP contribution in [0.15, 0.2) is 45.6 Å². The van der Waals surface area contributed by atoms with Crippen molar-refractivity contribution in [3.05, 3.63) is 46.6 Å². The summed E-state index contributed by atoms with van der Waals surface area (Å²) >= 11 is 0.